The van der Waals surface area contributed by atoms with Crippen LogP contribution in [-0.4, -0.2) is 57.8 Å². The Hall–Kier alpha value is -4.37. The van der Waals surface area contributed by atoms with Gasteiger partial charge < -0.3 is 30.5 Å². The minimum absolute atomic E-state index is 0.0629. The number of ether oxygens (including phenoxy) is 1. The number of amides is 3. The summed E-state index contributed by atoms with van der Waals surface area (Å²) in [6, 6.07) is 20.9. The first-order valence-electron chi connectivity index (χ1n) is 14.1. The molecule has 0 aliphatic carbocycles. The predicted octanol–water partition coefficient (Wildman–Crippen LogP) is 4.27. The first kappa shape index (κ1) is 32.1. The Labute approximate surface area is 247 Å². The number of hydrogen-bond acceptors (Lipinski definition) is 6. The molecule has 224 valence electrons. The molecule has 0 aliphatic rings. The number of nitrogens with one attached hydrogen (secondary N) is 2. The van der Waals surface area contributed by atoms with Gasteiger partial charge in [0.25, 0.3) is 0 Å². The van der Waals surface area contributed by atoms with Crippen molar-refractivity contribution >= 4 is 17.9 Å². The summed E-state index contributed by atoms with van der Waals surface area (Å²) in [6.07, 6.45) is 0.0766. The summed E-state index contributed by atoms with van der Waals surface area (Å²) in [5.41, 5.74) is 2.40. The Bertz CT molecular complexity index is 1300. The third-order valence-corrected chi connectivity index (χ3v) is 6.56. The molecule has 2 unspecified atom stereocenters. The van der Waals surface area contributed by atoms with Gasteiger partial charge in [-0.1, -0.05) is 73.7 Å². The molecule has 0 saturated carbocycles. The van der Waals surface area contributed by atoms with Crippen LogP contribution in [0, 0.1) is 0 Å². The summed E-state index contributed by atoms with van der Waals surface area (Å²) in [5, 5.41) is 25.3. The molecule has 0 bridgehead atoms. The number of phenolic OH excluding ortho intramolecular Hbond substituents is 1. The third kappa shape index (κ3) is 9.62. The molecule has 3 aromatic rings. The number of aryl methyl sites for hydroxylation is 1. The van der Waals surface area contributed by atoms with Crippen molar-refractivity contribution in [3.63, 3.8) is 0 Å². The van der Waals surface area contributed by atoms with E-state index >= 15 is 0 Å². The van der Waals surface area contributed by atoms with Crippen LogP contribution in [0.15, 0.2) is 78.9 Å². The van der Waals surface area contributed by atoms with E-state index in [2.05, 4.69) is 10.6 Å². The van der Waals surface area contributed by atoms with Crippen molar-refractivity contribution in [1.82, 2.24) is 15.5 Å². The summed E-state index contributed by atoms with van der Waals surface area (Å²) in [4.78, 5) is 42.2. The quantitative estimate of drug-likeness (QED) is 0.255. The largest absolute Gasteiger partial charge is 0.508 e. The molecule has 3 amide bonds. The number of benzene rings is 3. The molecule has 9 heteroatoms. The van der Waals surface area contributed by atoms with Crippen molar-refractivity contribution in [3.05, 3.63) is 101 Å². The van der Waals surface area contributed by atoms with E-state index in [1.807, 2.05) is 49.4 Å². The molecule has 4 N–H and O–H groups in total. The van der Waals surface area contributed by atoms with Crippen LogP contribution in [-0.2, 0) is 33.7 Å². The Morgan fingerprint density at radius 3 is 2.07 bits per heavy atom. The normalized spacial score (nSPS) is 12.6. The van der Waals surface area contributed by atoms with Crippen LogP contribution in [0.3, 0.4) is 0 Å². The van der Waals surface area contributed by atoms with E-state index in [0.29, 0.717) is 11.1 Å². The number of carbonyl (C=O) groups is 3. The zero-order chi connectivity index (χ0) is 30.7. The van der Waals surface area contributed by atoms with Crippen LogP contribution in [0.4, 0.5) is 4.79 Å². The summed E-state index contributed by atoms with van der Waals surface area (Å²) in [7, 11) is 0. The minimum Gasteiger partial charge on any atom is -0.508 e. The summed E-state index contributed by atoms with van der Waals surface area (Å²) >= 11 is 0. The van der Waals surface area contributed by atoms with Crippen molar-refractivity contribution < 1.29 is 29.3 Å². The Morgan fingerprint density at radius 2 is 1.50 bits per heavy atom. The van der Waals surface area contributed by atoms with Crippen molar-refractivity contribution in [1.29, 1.82) is 0 Å². The number of aromatic hydroxyl groups is 1. The fourth-order valence-corrected chi connectivity index (χ4v) is 4.48. The molecule has 0 radical (unpaired) electrons. The summed E-state index contributed by atoms with van der Waals surface area (Å²) < 4.78 is 5.43. The standard InChI is InChI=1S/C33H41N3O6/c1-5-23-11-15-26(16-12-23)29(30(39)34-22-25-9-7-6-8-10-25)36(19-20-37)31(40)28(35-32(41)42-33(2,3)4)21-24-13-17-27(38)18-14-24/h6-18,28-29,37-38H,5,19-22H2,1-4H3,(H,34,39)(H,35,41). The highest BCUT2D eigenvalue weighted by Crippen LogP contribution is 2.24. The number of hydrogen-bond donors (Lipinski definition) is 4. The molecular formula is C33H41N3O6. The second-order valence-corrected chi connectivity index (χ2v) is 11.0. The highest BCUT2D eigenvalue weighted by Gasteiger charge is 2.36. The van der Waals surface area contributed by atoms with Gasteiger partial charge in [-0.2, -0.15) is 0 Å². The van der Waals surface area contributed by atoms with Gasteiger partial charge in [0, 0.05) is 19.5 Å². The second-order valence-electron chi connectivity index (χ2n) is 11.0. The number of phenols is 1. The van der Waals surface area contributed by atoms with Gasteiger partial charge in [0.2, 0.25) is 11.8 Å². The molecular weight excluding hydrogens is 534 g/mol. The van der Waals surface area contributed by atoms with E-state index < -0.39 is 42.2 Å². The molecule has 2 atom stereocenters. The number of nitrogens with zero attached hydrogens (tertiary/aromatic N) is 1. The van der Waals surface area contributed by atoms with E-state index in [9.17, 15) is 24.6 Å². The molecule has 42 heavy (non-hydrogen) atoms. The molecule has 9 nitrogen and oxygen atoms in total. The van der Waals surface area contributed by atoms with Crippen molar-refractivity contribution in [2.45, 2.75) is 64.8 Å². The van der Waals surface area contributed by atoms with Gasteiger partial charge in [0.05, 0.1) is 6.61 Å². The maximum Gasteiger partial charge on any atom is 0.408 e. The van der Waals surface area contributed by atoms with E-state index in [1.54, 1.807) is 45.0 Å². The smallest absolute Gasteiger partial charge is 0.408 e. The van der Waals surface area contributed by atoms with Crippen LogP contribution in [0.2, 0.25) is 0 Å². The maximum atomic E-state index is 14.2. The van der Waals surface area contributed by atoms with Gasteiger partial charge in [-0.3, -0.25) is 9.59 Å². The van der Waals surface area contributed by atoms with Crippen LogP contribution in [0.1, 0.15) is 56.0 Å². The van der Waals surface area contributed by atoms with Gasteiger partial charge in [-0.25, -0.2) is 4.79 Å². The zero-order valence-electron chi connectivity index (χ0n) is 24.7. The van der Waals surface area contributed by atoms with Gasteiger partial charge in [0.15, 0.2) is 0 Å². The Balaban J connectivity index is 1.99. The van der Waals surface area contributed by atoms with E-state index in [4.69, 9.17) is 4.74 Å². The Morgan fingerprint density at radius 1 is 0.881 bits per heavy atom. The van der Waals surface area contributed by atoms with Crippen LogP contribution in [0.25, 0.3) is 0 Å². The third-order valence-electron chi connectivity index (χ3n) is 6.56. The van der Waals surface area contributed by atoms with Gasteiger partial charge >= 0.3 is 6.09 Å². The number of rotatable bonds is 12. The minimum atomic E-state index is -1.13. The molecule has 0 saturated heterocycles. The fraction of sp³-hybridized carbons (Fsp3) is 0.364. The molecule has 0 aliphatic heterocycles. The SMILES string of the molecule is CCc1ccc(C(C(=O)NCc2ccccc2)N(CCO)C(=O)C(Cc2ccc(O)cc2)NC(=O)OC(C)(C)C)cc1. The monoisotopic (exact) mass is 575 g/mol. The lowest BCUT2D eigenvalue weighted by atomic mass is 9.99. The first-order chi connectivity index (χ1) is 20.0. The number of aliphatic hydroxyl groups is 1. The lowest BCUT2D eigenvalue weighted by molar-refractivity contribution is -0.143. The van der Waals surface area contributed by atoms with Crippen molar-refractivity contribution in [2.24, 2.45) is 0 Å². The second kappa shape index (κ2) is 15.0. The van der Waals surface area contributed by atoms with Crippen molar-refractivity contribution in [2.75, 3.05) is 13.2 Å². The lowest BCUT2D eigenvalue weighted by Crippen LogP contribution is -2.54. The molecule has 3 aromatic carbocycles. The molecule has 3 rings (SSSR count). The van der Waals surface area contributed by atoms with Crippen LogP contribution in [0.5, 0.6) is 5.75 Å². The average molecular weight is 576 g/mol. The number of alkyl carbamates (subject to hydrolysis) is 1. The van der Waals surface area contributed by atoms with E-state index in [1.165, 1.54) is 17.0 Å². The summed E-state index contributed by atoms with van der Waals surface area (Å²) in [5.74, 6) is -0.928. The Kier molecular flexibility index (Phi) is 11.5. The fourth-order valence-electron chi connectivity index (χ4n) is 4.48. The lowest BCUT2D eigenvalue weighted by Gasteiger charge is -2.34. The van der Waals surface area contributed by atoms with E-state index in [-0.39, 0.29) is 25.3 Å². The molecule has 0 aromatic heterocycles. The van der Waals surface area contributed by atoms with Crippen LogP contribution >= 0.6 is 0 Å². The van der Waals surface area contributed by atoms with E-state index in [0.717, 1.165) is 17.5 Å². The maximum absolute atomic E-state index is 14.2. The molecule has 0 heterocycles. The van der Waals surface area contributed by atoms with Crippen LogP contribution < -0.4 is 10.6 Å². The predicted molar refractivity (Wildman–Crippen MR) is 161 cm³/mol. The topological polar surface area (TPSA) is 128 Å². The number of aliphatic hydroxyl groups excluding tert-OH is 1. The zero-order valence-corrected chi connectivity index (χ0v) is 24.7. The van der Waals surface area contributed by atoms with Gasteiger partial charge in [-0.05, 0) is 61.6 Å². The highest BCUT2D eigenvalue weighted by atomic mass is 16.6. The first-order valence-corrected chi connectivity index (χ1v) is 14.1. The average Bonchev–Trinajstić information content (AvgIpc) is 2.96. The van der Waals surface area contributed by atoms with Gasteiger partial charge in [-0.15, -0.1) is 0 Å². The van der Waals surface area contributed by atoms with Crippen molar-refractivity contribution in [3.8, 4) is 5.75 Å². The number of carbonyl (C=O) groups excluding carboxylic acids is 3. The van der Waals surface area contributed by atoms with Gasteiger partial charge in [0.1, 0.15) is 23.4 Å². The molecule has 0 spiro atoms. The molecule has 0 fully saturated rings. The highest BCUT2D eigenvalue weighted by molar-refractivity contribution is 5.92. The summed E-state index contributed by atoms with van der Waals surface area (Å²) in [6.45, 7) is 6.87.